The van der Waals surface area contributed by atoms with Crippen molar-refractivity contribution >= 4 is 45.6 Å². The van der Waals surface area contributed by atoms with Gasteiger partial charge < -0.3 is 4.98 Å². The lowest BCUT2D eigenvalue weighted by molar-refractivity contribution is -0.118. The van der Waals surface area contributed by atoms with Crippen molar-refractivity contribution in [1.82, 2.24) is 9.97 Å². The van der Waals surface area contributed by atoms with Crippen molar-refractivity contribution in [2.45, 2.75) is 40.0 Å². The van der Waals surface area contributed by atoms with Gasteiger partial charge in [0.1, 0.15) is 11.6 Å². The molecule has 0 unspecified atom stereocenters. The summed E-state index contributed by atoms with van der Waals surface area (Å²) in [5, 5.41) is 12.8. The minimum Gasteiger partial charge on any atom is -0.325 e. The lowest BCUT2D eigenvalue weighted by atomic mass is 9.99. The maximum Gasteiger partial charge on any atom is 0.266 e. The molecular formula is C23H22Cl2N4O2S. The van der Waals surface area contributed by atoms with Gasteiger partial charge in [-0.05, 0) is 56.0 Å². The number of anilines is 1. The van der Waals surface area contributed by atoms with Gasteiger partial charge in [-0.1, -0.05) is 30.1 Å². The number of nitrogens with one attached hydrogen (secondary N) is 1. The van der Waals surface area contributed by atoms with E-state index in [9.17, 15) is 14.9 Å². The zero-order valence-corrected chi connectivity index (χ0v) is 20.3. The van der Waals surface area contributed by atoms with E-state index in [0.29, 0.717) is 45.1 Å². The predicted octanol–water partition coefficient (Wildman–Crippen LogP) is 5.67. The number of carbonyl (C=O) groups is 1. The standard InChI is InChI=1S/C23H22Cl2N4O2S/c1-4-9-29(23-28-20(12-32-23)17-6-5-15(24)10-19(17)25)21(30)8-7-16-13(2)18(11-26)22(31)27-14(16)3/h5-6,10,12H,4,7-9H2,1-3H3,(H,27,31). The second kappa shape index (κ2) is 10.3. The Balaban J connectivity index is 1.83. The monoisotopic (exact) mass is 488 g/mol. The van der Waals surface area contributed by atoms with E-state index in [1.54, 1.807) is 30.9 Å². The van der Waals surface area contributed by atoms with Crippen molar-refractivity contribution in [3.8, 4) is 17.3 Å². The van der Waals surface area contributed by atoms with E-state index in [1.807, 2.05) is 24.4 Å². The maximum absolute atomic E-state index is 13.1. The van der Waals surface area contributed by atoms with Crippen LogP contribution < -0.4 is 10.5 Å². The molecule has 1 aromatic carbocycles. The molecule has 3 aromatic rings. The van der Waals surface area contributed by atoms with Crippen molar-refractivity contribution in [2.24, 2.45) is 0 Å². The van der Waals surface area contributed by atoms with E-state index >= 15 is 0 Å². The summed E-state index contributed by atoms with van der Waals surface area (Å²) in [6, 6.07) is 7.17. The van der Waals surface area contributed by atoms with E-state index in [-0.39, 0.29) is 17.9 Å². The third-order valence-corrected chi connectivity index (χ3v) is 6.60. The summed E-state index contributed by atoms with van der Waals surface area (Å²) in [6.45, 7) is 6.06. The molecule has 0 aliphatic heterocycles. The smallest absolute Gasteiger partial charge is 0.266 e. The van der Waals surface area contributed by atoms with E-state index in [0.717, 1.165) is 17.5 Å². The molecule has 0 spiro atoms. The van der Waals surface area contributed by atoms with E-state index in [4.69, 9.17) is 23.2 Å². The first kappa shape index (κ1) is 24.0. The largest absolute Gasteiger partial charge is 0.325 e. The molecule has 0 aliphatic rings. The second-order valence-corrected chi connectivity index (χ2v) is 9.03. The molecule has 0 saturated heterocycles. The normalized spacial score (nSPS) is 10.8. The molecule has 166 valence electrons. The number of carbonyl (C=O) groups excluding carboxylic acids is 1. The quantitative estimate of drug-likeness (QED) is 0.463. The third-order valence-electron chi connectivity index (χ3n) is 5.19. The topological polar surface area (TPSA) is 89.9 Å². The first-order valence-corrected chi connectivity index (χ1v) is 11.7. The average molecular weight is 489 g/mol. The SMILES string of the molecule is CCCN(C(=O)CCc1c(C)[nH]c(=O)c(C#N)c1C)c1nc(-c2ccc(Cl)cc2Cl)cs1. The zero-order valence-electron chi connectivity index (χ0n) is 18.0. The molecule has 0 saturated carbocycles. The number of aryl methyl sites for hydroxylation is 1. The van der Waals surface area contributed by atoms with Crippen molar-refractivity contribution in [3.05, 3.63) is 66.4 Å². The van der Waals surface area contributed by atoms with Gasteiger partial charge in [-0.2, -0.15) is 5.26 Å². The molecule has 9 heteroatoms. The van der Waals surface area contributed by atoms with Crippen LogP contribution >= 0.6 is 34.5 Å². The van der Waals surface area contributed by atoms with Crippen LogP contribution in [-0.2, 0) is 11.2 Å². The highest BCUT2D eigenvalue weighted by atomic mass is 35.5. The lowest BCUT2D eigenvalue weighted by Gasteiger charge is -2.20. The number of aromatic amines is 1. The Morgan fingerprint density at radius 2 is 2.06 bits per heavy atom. The highest BCUT2D eigenvalue weighted by Crippen LogP contribution is 2.34. The summed E-state index contributed by atoms with van der Waals surface area (Å²) in [6.07, 6.45) is 1.43. The highest BCUT2D eigenvalue weighted by molar-refractivity contribution is 7.14. The molecular weight excluding hydrogens is 467 g/mol. The Bertz CT molecular complexity index is 1260. The number of amides is 1. The number of halogens is 2. The molecule has 6 nitrogen and oxygen atoms in total. The summed E-state index contributed by atoms with van der Waals surface area (Å²) < 4.78 is 0. The van der Waals surface area contributed by atoms with E-state index in [2.05, 4.69) is 9.97 Å². The Morgan fingerprint density at radius 3 is 2.72 bits per heavy atom. The Labute approximate surface area is 200 Å². The number of nitrogens with zero attached hydrogens (tertiary/aromatic N) is 3. The van der Waals surface area contributed by atoms with Crippen LogP contribution in [0.15, 0.2) is 28.4 Å². The van der Waals surface area contributed by atoms with Crippen LogP contribution in [0.5, 0.6) is 0 Å². The molecule has 32 heavy (non-hydrogen) atoms. The zero-order chi connectivity index (χ0) is 23.4. The molecule has 2 aromatic heterocycles. The van der Waals surface area contributed by atoms with Gasteiger partial charge in [-0.15, -0.1) is 11.3 Å². The summed E-state index contributed by atoms with van der Waals surface area (Å²) in [5.41, 5.74) is 3.25. The van der Waals surface area contributed by atoms with Gasteiger partial charge in [0.25, 0.3) is 5.56 Å². The summed E-state index contributed by atoms with van der Waals surface area (Å²) in [7, 11) is 0. The van der Waals surface area contributed by atoms with Gasteiger partial charge in [0.15, 0.2) is 5.13 Å². The number of nitriles is 1. The molecule has 0 bridgehead atoms. The fraction of sp³-hybridized carbons (Fsp3) is 0.304. The highest BCUT2D eigenvalue weighted by Gasteiger charge is 2.21. The van der Waals surface area contributed by atoms with Crippen LogP contribution in [0.3, 0.4) is 0 Å². The number of pyridine rings is 1. The number of thiazole rings is 1. The fourth-order valence-corrected chi connectivity index (χ4v) is 4.92. The van der Waals surface area contributed by atoms with Gasteiger partial charge in [-0.25, -0.2) is 4.98 Å². The van der Waals surface area contributed by atoms with Gasteiger partial charge in [0.2, 0.25) is 5.91 Å². The molecule has 3 rings (SSSR count). The number of rotatable bonds is 7. The summed E-state index contributed by atoms with van der Waals surface area (Å²) in [5.74, 6) is -0.0709. The minimum absolute atomic E-state index is 0.0709. The molecule has 1 amide bonds. The Hall–Kier alpha value is -2.66. The average Bonchev–Trinajstić information content (AvgIpc) is 3.21. The first-order valence-electron chi connectivity index (χ1n) is 10.1. The summed E-state index contributed by atoms with van der Waals surface area (Å²) in [4.78, 5) is 34.1. The van der Waals surface area contributed by atoms with Crippen molar-refractivity contribution in [3.63, 3.8) is 0 Å². The molecule has 0 radical (unpaired) electrons. The lowest BCUT2D eigenvalue weighted by Crippen LogP contribution is -2.32. The van der Waals surface area contributed by atoms with Crippen LogP contribution in [0.4, 0.5) is 5.13 Å². The maximum atomic E-state index is 13.1. The number of aromatic nitrogens is 2. The van der Waals surface area contributed by atoms with Crippen molar-refractivity contribution < 1.29 is 4.79 Å². The first-order chi connectivity index (χ1) is 15.3. The summed E-state index contributed by atoms with van der Waals surface area (Å²) >= 11 is 13.7. The van der Waals surface area contributed by atoms with Gasteiger partial charge >= 0.3 is 0 Å². The number of benzene rings is 1. The predicted molar refractivity (Wildman–Crippen MR) is 130 cm³/mol. The van der Waals surface area contributed by atoms with E-state index < -0.39 is 5.56 Å². The molecule has 0 aliphatic carbocycles. The second-order valence-electron chi connectivity index (χ2n) is 7.35. The number of H-pyrrole nitrogens is 1. The van der Waals surface area contributed by atoms with Gasteiger partial charge in [0.05, 0.1) is 10.7 Å². The van der Waals surface area contributed by atoms with E-state index in [1.165, 1.54) is 11.3 Å². The fourth-order valence-electron chi connectivity index (χ4n) is 3.55. The van der Waals surface area contributed by atoms with Crippen molar-refractivity contribution in [1.29, 1.82) is 5.26 Å². The van der Waals surface area contributed by atoms with Crippen LogP contribution in [0.2, 0.25) is 10.0 Å². The van der Waals surface area contributed by atoms with Gasteiger partial charge in [-0.3, -0.25) is 14.5 Å². The molecule has 1 N–H and O–H groups in total. The van der Waals surface area contributed by atoms with Crippen LogP contribution in [0.25, 0.3) is 11.3 Å². The number of hydrogen-bond donors (Lipinski definition) is 1. The van der Waals surface area contributed by atoms with Crippen LogP contribution in [0, 0.1) is 25.2 Å². The molecule has 0 fully saturated rings. The third kappa shape index (κ3) is 5.04. The van der Waals surface area contributed by atoms with Gasteiger partial charge in [0, 0.05) is 34.6 Å². The Kier molecular flexibility index (Phi) is 7.73. The van der Waals surface area contributed by atoms with Crippen LogP contribution in [-0.4, -0.2) is 22.4 Å². The Morgan fingerprint density at radius 1 is 1.31 bits per heavy atom. The molecule has 2 heterocycles. The minimum atomic E-state index is -0.402. The van der Waals surface area contributed by atoms with Crippen molar-refractivity contribution in [2.75, 3.05) is 11.4 Å². The molecule has 0 atom stereocenters. The van der Waals surface area contributed by atoms with Crippen LogP contribution in [0.1, 0.15) is 42.1 Å². The number of hydrogen-bond acceptors (Lipinski definition) is 5.